The van der Waals surface area contributed by atoms with Crippen LogP contribution >= 0.6 is 11.3 Å². The molecular formula is C12H21N3OS. The van der Waals surface area contributed by atoms with Gasteiger partial charge in [-0.15, -0.1) is 11.3 Å². The Hall–Kier alpha value is -0.910. The fraction of sp³-hybridized carbons (Fsp3) is 0.583. The minimum Gasteiger partial charge on any atom is -0.369 e. The van der Waals surface area contributed by atoms with Crippen LogP contribution in [0.4, 0.5) is 0 Å². The summed E-state index contributed by atoms with van der Waals surface area (Å²) in [5, 5.41) is 0. The van der Waals surface area contributed by atoms with Crippen molar-refractivity contribution in [2.45, 2.75) is 32.9 Å². The van der Waals surface area contributed by atoms with E-state index in [0.717, 1.165) is 6.54 Å². The molecule has 0 fully saturated rings. The van der Waals surface area contributed by atoms with Crippen LogP contribution in [0, 0.1) is 6.92 Å². The zero-order valence-corrected chi connectivity index (χ0v) is 11.5. The van der Waals surface area contributed by atoms with E-state index in [2.05, 4.69) is 19.1 Å². The Morgan fingerprint density at radius 2 is 2.18 bits per heavy atom. The molecule has 1 aromatic rings. The van der Waals surface area contributed by atoms with E-state index >= 15 is 0 Å². The average Bonchev–Trinajstić information content (AvgIpc) is 2.62. The van der Waals surface area contributed by atoms with Gasteiger partial charge in [-0.05, 0) is 32.5 Å². The van der Waals surface area contributed by atoms with Crippen molar-refractivity contribution in [2.75, 3.05) is 13.1 Å². The number of hydrogen-bond acceptors (Lipinski definition) is 4. The van der Waals surface area contributed by atoms with E-state index in [9.17, 15) is 4.79 Å². The second kappa shape index (κ2) is 6.14. The molecule has 1 amide bonds. The van der Waals surface area contributed by atoms with Crippen molar-refractivity contribution in [3.8, 4) is 0 Å². The zero-order valence-electron chi connectivity index (χ0n) is 10.6. The fourth-order valence-electron chi connectivity index (χ4n) is 1.99. The molecule has 1 aromatic heterocycles. The molecular weight excluding hydrogens is 234 g/mol. The summed E-state index contributed by atoms with van der Waals surface area (Å²) in [6.07, 6.45) is 0. The summed E-state index contributed by atoms with van der Waals surface area (Å²) in [5.74, 6) is -0.314. The van der Waals surface area contributed by atoms with Gasteiger partial charge in [0.15, 0.2) is 0 Å². The van der Waals surface area contributed by atoms with Crippen LogP contribution in [0.5, 0.6) is 0 Å². The number of amides is 1. The SMILES string of the molecule is CCN(CC(N)=O)C(c1ccc(C)s1)C(C)N. The third-order valence-corrected chi connectivity index (χ3v) is 3.78. The highest BCUT2D eigenvalue weighted by molar-refractivity contribution is 7.12. The number of aryl methyl sites for hydroxylation is 1. The first-order valence-corrected chi connectivity index (χ1v) is 6.61. The van der Waals surface area contributed by atoms with Gasteiger partial charge in [-0.1, -0.05) is 6.92 Å². The van der Waals surface area contributed by atoms with E-state index in [0.29, 0.717) is 0 Å². The summed E-state index contributed by atoms with van der Waals surface area (Å²) in [6, 6.07) is 4.18. The van der Waals surface area contributed by atoms with Gasteiger partial charge in [0.05, 0.1) is 12.6 Å². The van der Waals surface area contributed by atoms with Crippen molar-refractivity contribution in [3.05, 3.63) is 21.9 Å². The first kappa shape index (κ1) is 14.2. The highest BCUT2D eigenvalue weighted by Crippen LogP contribution is 2.29. The predicted octanol–water partition coefficient (Wildman–Crippen LogP) is 1.25. The number of carbonyl (C=O) groups is 1. The maximum Gasteiger partial charge on any atom is 0.231 e. The molecule has 0 aromatic carbocycles. The van der Waals surface area contributed by atoms with Crippen LogP contribution in [0.1, 0.15) is 29.6 Å². The van der Waals surface area contributed by atoms with Crippen molar-refractivity contribution in [2.24, 2.45) is 11.5 Å². The van der Waals surface area contributed by atoms with Crippen LogP contribution in [0.25, 0.3) is 0 Å². The molecule has 2 atom stereocenters. The summed E-state index contributed by atoms with van der Waals surface area (Å²) in [4.78, 5) is 15.5. The van der Waals surface area contributed by atoms with Gasteiger partial charge in [0.25, 0.3) is 0 Å². The molecule has 4 nitrogen and oxygen atoms in total. The monoisotopic (exact) mass is 255 g/mol. The van der Waals surface area contributed by atoms with Crippen LogP contribution in [0.15, 0.2) is 12.1 Å². The standard InChI is InChI=1S/C12H21N3OS/c1-4-15(7-11(14)16)12(9(3)13)10-6-5-8(2)17-10/h5-6,9,12H,4,7,13H2,1-3H3,(H2,14,16). The van der Waals surface area contributed by atoms with Gasteiger partial charge in [-0.2, -0.15) is 0 Å². The van der Waals surface area contributed by atoms with Crippen molar-refractivity contribution >= 4 is 17.2 Å². The van der Waals surface area contributed by atoms with Gasteiger partial charge in [0, 0.05) is 15.8 Å². The lowest BCUT2D eigenvalue weighted by Gasteiger charge is -2.31. The van der Waals surface area contributed by atoms with Gasteiger partial charge in [0.2, 0.25) is 5.91 Å². The molecule has 0 saturated heterocycles. The molecule has 0 bridgehead atoms. The normalized spacial score (nSPS) is 14.9. The molecule has 0 spiro atoms. The lowest BCUT2D eigenvalue weighted by molar-refractivity contribution is -0.119. The molecule has 96 valence electrons. The molecule has 17 heavy (non-hydrogen) atoms. The summed E-state index contributed by atoms with van der Waals surface area (Å²) in [5.41, 5.74) is 11.3. The average molecular weight is 255 g/mol. The third-order valence-electron chi connectivity index (χ3n) is 2.71. The van der Waals surface area contributed by atoms with Crippen LogP contribution in [-0.4, -0.2) is 29.9 Å². The molecule has 2 unspecified atom stereocenters. The van der Waals surface area contributed by atoms with E-state index in [1.54, 1.807) is 11.3 Å². The minimum absolute atomic E-state index is 0.0349. The maximum atomic E-state index is 11.1. The maximum absolute atomic E-state index is 11.1. The van der Waals surface area contributed by atoms with Crippen LogP contribution in [0.2, 0.25) is 0 Å². The van der Waals surface area contributed by atoms with E-state index in [1.807, 2.05) is 18.7 Å². The lowest BCUT2D eigenvalue weighted by atomic mass is 10.1. The summed E-state index contributed by atoms with van der Waals surface area (Å²) in [7, 11) is 0. The molecule has 1 rings (SSSR count). The molecule has 1 heterocycles. The van der Waals surface area contributed by atoms with E-state index in [4.69, 9.17) is 11.5 Å². The predicted molar refractivity (Wildman–Crippen MR) is 71.9 cm³/mol. The number of hydrogen-bond donors (Lipinski definition) is 2. The lowest BCUT2D eigenvalue weighted by Crippen LogP contribution is -2.43. The molecule has 0 aliphatic carbocycles. The molecule has 4 N–H and O–H groups in total. The van der Waals surface area contributed by atoms with Gasteiger partial charge < -0.3 is 11.5 Å². The number of nitrogens with zero attached hydrogens (tertiary/aromatic N) is 1. The molecule has 0 radical (unpaired) electrons. The number of rotatable bonds is 6. The van der Waals surface area contributed by atoms with Crippen LogP contribution in [0.3, 0.4) is 0 Å². The van der Waals surface area contributed by atoms with Gasteiger partial charge in [-0.3, -0.25) is 9.69 Å². The number of nitrogens with two attached hydrogens (primary N) is 2. The van der Waals surface area contributed by atoms with Crippen LogP contribution in [-0.2, 0) is 4.79 Å². The Labute approximate surface area is 107 Å². The largest absolute Gasteiger partial charge is 0.369 e. The first-order valence-electron chi connectivity index (χ1n) is 5.80. The third kappa shape index (κ3) is 3.80. The van der Waals surface area contributed by atoms with Gasteiger partial charge in [0.1, 0.15) is 0 Å². The number of thiophene rings is 1. The Kier molecular flexibility index (Phi) is 5.11. The smallest absolute Gasteiger partial charge is 0.231 e. The van der Waals surface area contributed by atoms with Crippen molar-refractivity contribution in [3.63, 3.8) is 0 Å². The number of carbonyl (C=O) groups excluding carboxylic acids is 1. The van der Waals surface area contributed by atoms with Gasteiger partial charge in [-0.25, -0.2) is 0 Å². The Bertz CT molecular complexity index is 376. The Morgan fingerprint density at radius 3 is 2.53 bits per heavy atom. The van der Waals surface area contributed by atoms with E-state index < -0.39 is 0 Å². The highest BCUT2D eigenvalue weighted by Gasteiger charge is 2.25. The van der Waals surface area contributed by atoms with Crippen molar-refractivity contribution < 1.29 is 4.79 Å². The molecule has 0 aliphatic rings. The topological polar surface area (TPSA) is 72.3 Å². The number of primary amides is 1. The quantitative estimate of drug-likeness (QED) is 0.803. The van der Waals surface area contributed by atoms with Gasteiger partial charge >= 0.3 is 0 Å². The fourth-order valence-corrected chi connectivity index (χ4v) is 3.12. The Morgan fingerprint density at radius 1 is 1.53 bits per heavy atom. The van der Waals surface area contributed by atoms with Crippen molar-refractivity contribution in [1.29, 1.82) is 0 Å². The van der Waals surface area contributed by atoms with E-state index in [1.165, 1.54) is 9.75 Å². The minimum atomic E-state index is -0.314. The molecule has 0 aliphatic heterocycles. The first-order chi connectivity index (χ1) is 7.95. The van der Waals surface area contributed by atoms with Crippen LogP contribution < -0.4 is 11.5 Å². The van der Waals surface area contributed by atoms with Crippen molar-refractivity contribution in [1.82, 2.24) is 4.90 Å². The second-order valence-corrected chi connectivity index (χ2v) is 5.60. The second-order valence-electron chi connectivity index (χ2n) is 4.28. The molecule has 0 saturated carbocycles. The zero-order chi connectivity index (χ0) is 13.0. The summed E-state index contributed by atoms with van der Waals surface area (Å²) >= 11 is 1.72. The number of likely N-dealkylation sites (N-methyl/N-ethyl adjacent to an activating group) is 1. The highest BCUT2D eigenvalue weighted by atomic mass is 32.1. The summed E-state index contributed by atoms with van der Waals surface area (Å²) in [6.45, 7) is 7.05. The van der Waals surface area contributed by atoms with E-state index in [-0.39, 0.29) is 24.5 Å². The molecule has 5 heteroatoms. The Balaban J connectivity index is 2.94. The summed E-state index contributed by atoms with van der Waals surface area (Å²) < 4.78 is 0.